The van der Waals surface area contributed by atoms with E-state index in [2.05, 4.69) is 20.3 Å². The SMILES string of the molecule is NC(=O)OCCNc1ccc(C(N)=O)nn1. The normalized spacial score (nSPS) is 9.50. The molecule has 0 aliphatic heterocycles. The van der Waals surface area contributed by atoms with Crippen molar-refractivity contribution in [3.05, 3.63) is 17.8 Å². The molecule has 1 aromatic rings. The zero-order chi connectivity index (χ0) is 12.0. The maximum absolute atomic E-state index is 10.7. The van der Waals surface area contributed by atoms with Crippen LogP contribution >= 0.6 is 0 Å². The van der Waals surface area contributed by atoms with Gasteiger partial charge in [0, 0.05) is 0 Å². The summed E-state index contributed by atoms with van der Waals surface area (Å²) in [7, 11) is 0. The van der Waals surface area contributed by atoms with Crippen molar-refractivity contribution >= 4 is 17.8 Å². The van der Waals surface area contributed by atoms with Crippen LogP contribution in [-0.4, -0.2) is 35.3 Å². The molecule has 0 saturated carbocycles. The minimum absolute atomic E-state index is 0.0823. The van der Waals surface area contributed by atoms with Crippen molar-refractivity contribution in [3.63, 3.8) is 0 Å². The van der Waals surface area contributed by atoms with Gasteiger partial charge < -0.3 is 21.5 Å². The standard InChI is InChI=1S/C8H11N5O3/c9-7(14)5-1-2-6(13-12-5)11-3-4-16-8(10)15/h1-2H,3-4H2,(H2,9,14)(H2,10,15)(H,11,13). The van der Waals surface area contributed by atoms with Crippen LogP contribution in [0.25, 0.3) is 0 Å². The van der Waals surface area contributed by atoms with E-state index in [1.807, 2.05) is 0 Å². The van der Waals surface area contributed by atoms with E-state index >= 15 is 0 Å². The average molecular weight is 225 g/mol. The first kappa shape index (κ1) is 11.7. The topological polar surface area (TPSA) is 133 Å². The fraction of sp³-hybridized carbons (Fsp3) is 0.250. The van der Waals surface area contributed by atoms with Crippen molar-refractivity contribution in [2.45, 2.75) is 0 Å². The molecule has 0 saturated heterocycles. The molecule has 0 bridgehead atoms. The monoisotopic (exact) mass is 225 g/mol. The van der Waals surface area contributed by atoms with Crippen molar-refractivity contribution in [1.29, 1.82) is 0 Å². The number of nitrogens with one attached hydrogen (secondary N) is 1. The highest BCUT2D eigenvalue weighted by atomic mass is 16.5. The molecule has 0 spiro atoms. The molecule has 0 fully saturated rings. The number of carbonyl (C=O) groups excluding carboxylic acids is 2. The zero-order valence-electron chi connectivity index (χ0n) is 8.34. The lowest BCUT2D eigenvalue weighted by Crippen LogP contribution is -2.19. The Morgan fingerprint density at radius 2 is 2.06 bits per heavy atom. The van der Waals surface area contributed by atoms with Crippen molar-refractivity contribution in [2.75, 3.05) is 18.5 Å². The second-order valence-electron chi connectivity index (χ2n) is 2.76. The molecule has 0 radical (unpaired) electrons. The molecule has 5 N–H and O–H groups in total. The third-order valence-corrected chi connectivity index (χ3v) is 1.57. The Balaban J connectivity index is 2.38. The van der Waals surface area contributed by atoms with Crippen molar-refractivity contribution in [1.82, 2.24) is 10.2 Å². The van der Waals surface area contributed by atoms with E-state index in [1.165, 1.54) is 12.1 Å². The number of rotatable bonds is 5. The molecule has 86 valence electrons. The van der Waals surface area contributed by atoms with Gasteiger partial charge in [0.1, 0.15) is 12.4 Å². The van der Waals surface area contributed by atoms with Crippen molar-refractivity contribution in [3.8, 4) is 0 Å². The van der Waals surface area contributed by atoms with E-state index < -0.39 is 12.0 Å². The summed E-state index contributed by atoms with van der Waals surface area (Å²) in [5.41, 5.74) is 9.82. The highest BCUT2D eigenvalue weighted by Crippen LogP contribution is 2.00. The predicted molar refractivity (Wildman–Crippen MR) is 54.6 cm³/mol. The van der Waals surface area contributed by atoms with Gasteiger partial charge >= 0.3 is 6.09 Å². The van der Waals surface area contributed by atoms with Gasteiger partial charge in [-0.1, -0.05) is 0 Å². The highest BCUT2D eigenvalue weighted by molar-refractivity contribution is 5.90. The van der Waals surface area contributed by atoms with Crippen LogP contribution < -0.4 is 16.8 Å². The summed E-state index contributed by atoms with van der Waals surface area (Å²) in [6, 6.07) is 2.98. The van der Waals surface area contributed by atoms with Crippen LogP contribution in [0.3, 0.4) is 0 Å². The van der Waals surface area contributed by atoms with Crippen LogP contribution in [0.4, 0.5) is 10.6 Å². The van der Waals surface area contributed by atoms with E-state index in [0.29, 0.717) is 12.4 Å². The fourth-order valence-corrected chi connectivity index (χ4v) is 0.889. The molecular formula is C8H11N5O3. The molecule has 2 amide bonds. The maximum Gasteiger partial charge on any atom is 0.404 e. The summed E-state index contributed by atoms with van der Waals surface area (Å²) in [4.78, 5) is 20.9. The number of carbonyl (C=O) groups is 2. The summed E-state index contributed by atoms with van der Waals surface area (Å²) in [6.07, 6.45) is -0.836. The molecule has 0 atom stereocenters. The largest absolute Gasteiger partial charge is 0.448 e. The van der Waals surface area contributed by atoms with Gasteiger partial charge in [-0.05, 0) is 12.1 Å². The summed E-state index contributed by atoms with van der Waals surface area (Å²) in [5, 5.41) is 10.1. The minimum atomic E-state index is -0.836. The first-order valence-electron chi connectivity index (χ1n) is 4.39. The smallest absolute Gasteiger partial charge is 0.404 e. The number of amides is 2. The van der Waals surface area contributed by atoms with Gasteiger partial charge in [0.15, 0.2) is 5.69 Å². The molecule has 8 nitrogen and oxygen atoms in total. The third kappa shape index (κ3) is 3.78. The molecule has 16 heavy (non-hydrogen) atoms. The molecule has 1 aromatic heterocycles. The molecule has 0 aliphatic carbocycles. The Morgan fingerprint density at radius 1 is 1.31 bits per heavy atom. The number of aromatic nitrogens is 2. The summed E-state index contributed by atoms with van der Waals surface area (Å²) in [5.74, 6) is -0.200. The molecule has 8 heteroatoms. The number of anilines is 1. The first-order valence-corrected chi connectivity index (χ1v) is 4.39. The van der Waals surface area contributed by atoms with E-state index in [1.54, 1.807) is 0 Å². The Kier molecular flexibility index (Phi) is 4.01. The highest BCUT2D eigenvalue weighted by Gasteiger charge is 2.02. The molecule has 0 unspecified atom stereocenters. The van der Waals surface area contributed by atoms with E-state index in [-0.39, 0.29) is 12.3 Å². The van der Waals surface area contributed by atoms with Crippen LogP contribution in [0.5, 0.6) is 0 Å². The lowest BCUT2D eigenvalue weighted by Gasteiger charge is -2.04. The van der Waals surface area contributed by atoms with E-state index in [9.17, 15) is 9.59 Å². The van der Waals surface area contributed by atoms with Gasteiger partial charge in [0.2, 0.25) is 0 Å². The van der Waals surface area contributed by atoms with E-state index in [0.717, 1.165) is 0 Å². The lowest BCUT2D eigenvalue weighted by atomic mass is 10.4. The molecule has 1 heterocycles. The van der Waals surface area contributed by atoms with E-state index in [4.69, 9.17) is 11.5 Å². The van der Waals surface area contributed by atoms with Crippen LogP contribution in [0.15, 0.2) is 12.1 Å². The van der Waals surface area contributed by atoms with Gasteiger partial charge in [-0.2, -0.15) is 0 Å². The summed E-state index contributed by atoms with van der Waals surface area (Å²) >= 11 is 0. The van der Waals surface area contributed by atoms with Crippen molar-refractivity contribution < 1.29 is 14.3 Å². The fourth-order valence-electron chi connectivity index (χ4n) is 0.889. The van der Waals surface area contributed by atoms with Gasteiger partial charge in [0.25, 0.3) is 5.91 Å². The Bertz CT molecular complexity index is 378. The Hall–Kier alpha value is -2.38. The minimum Gasteiger partial charge on any atom is -0.448 e. The molecule has 0 aromatic carbocycles. The number of hydrogen-bond donors (Lipinski definition) is 3. The molecule has 0 aliphatic rings. The van der Waals surface area contributed by atoms with Crippen LogP contribution in [-0.2, 0) is 4.74 Å². The summed E-state index contributed by atoms with van der Waals surface area (Å²) in [6.45, 7) is 0.460. The second kappa shape index (κ2) is 5.49. The lowest BCUT2D eigenvalue weighted by molar-refractivity contribution is 0.0994. The third-order valence-electron chi connectivity index (χ3n) is 1.57. The van der Waals surface area contributed by atoms with Gasteiger partial charge in [-0.25, -0.2) is 4.79 Å². The Morgan fingerprint density at radius 3 is 2.56 bits per heavy atom. The van der Waals surface area contributed by atoms with Crippen LogP contribution in [0, 0.1) is 0 Å². The first-order chi connectivity index (χ1) is 7.59. The maximum atomic E-state index is 10.7. The Labute approximate surface area is 91.0 Å². The number of ether oxygens (including phenoxy) is 1. The van der Waals surface area contributed by atoms with Crippen molar-refractivity contribution in [2.24, 2.45) is 11.5 Å². The van der Waals surface area contributed by atoms with Gasteiger partial charge in [-0.3, -0.25) is 4.79 Å². The summed E-state index contributed by atoms with van der Waals surface area (Å²) < 4.78 is 4.48. The molecular weight excluding hydrogens is 214 g/mol. The van der Waals surface area contributed by atoms with Crippen LogP contribution in [0.1, 0.15) is 10.5 Å². The number of primary amides is 2. The predicted octanol–water partition coefficient (Wildman–Crippen LogP) is -0.917. The number of nitrogens with two attached hydrogens (primary N) is 2. The van der Waals surface area contributed by atoms with Gasteiger partial charge in [-0.15, -0.1) is 10.2 Å². The van der Waals surface area contributed by atoms with Crippen LogP contribution in [0.2, 0.25) is 0 Å². The van der Waals surface area contributed by atoms with Gasteiger partial charge in [0.05, 0.1) is 6.54 Å². The quantitative estimate of drug-likeness (QED) is 0.555. The number of hydrogen-bond acceptors (Lipinski definition) is 6. The molecule has 1 rings (SSSR count). The second-order valence-corrected chi connectivity index (χ2v) is 2.76. The number of nitrogens with zero attached hydrogens (tertiary/aromatic N) is 2. The average Bonchev–Trinajstić information content (AvgIpc) is 2.25. The zero-order valence-corrected chi connectivity index (χ0v) is 8.34.